The molecule has 7 nitrogen and oxygen atoms in total. The van der Waals surface area contributed by atoms with Crippen molar-refractivity contribution in [2.24, 2.45) is 4.99 Å². The van der Waals surface area contributed by atoms with Crippen LogP contribution in [0.2, 0.25) is 0 Å². The number of aromatic nitrogens is 3. The predicted molar refractivity (Wildman–Crippen MR) is 105 cm³/mol. The highest BCUT2D eigenvalue weighted by Gasteiger charge is 2.12. The van der Waals surface area contributed by atoms with Gasteiger partial charge in [0.2, 0.25) is 0 Å². The van der Waals surface area contributed by atoms with Crippen LogP contribution in [-0.2, 0) is 6.54 Å². The molecule has 1 rings (SSSR count). The summed E-state index contributed by atoms with van der Waals surface area (Å²) >= 11 is 0. The highest BCUT2D eigenvalue weighted by atomic mass is 15.2. The van der Waals surface area contributed by atoms with Crippen molar-refractivity contribution in [3.8, 4) is 0 Å². The van der Waals surface area contributed by atoms with E-state index in [2.05, 4.69) is 60.3 Å². The molecule has 7 heteroatoms. The Hall–Kier alpha value is -1.63. The Morgan fingerprint density at radius 3 is 2.32 bits per heavy atom. The molecule has 0 fully saturated rings. The van der Waals surface area contributed by atoms with Crippen LogP contribution in [0.5, 0.6) is 0 Å². The second-order valence-corrected chi connectivity index (χ2v) is 6.87. The molecule has 0 unspecified atom stereocenters. The van der Waals surface area contributed by atoms with Crippen molar-refractivity contribution in [3.63, 3.8) is 0 Å². The third kappa shape index (κ3) is 9.43. The molecule has 1 aromatic rings. The molecule has 0 bridgehead atoms. The summed E-state index contributed by atoms with van der Waals surface area (Å²) in [5.74, 6) is 0.924. The van der Waals surface area contributed by atoms with Crippen LogP contribution in [-0.4, -0.2) is 63.9 Å². The first-order valence-electron chi connectivity index (χ1n) is 9.65. The first kappa shape index (κ1) is 21.4. The lowest BCUT2D eigenvalue weighted by Crippen LogP contribution is -2.39. The average Bonchev–Trinajstić information content (AvgIpc) is 3.06. The van der Waals surface area contributed by atoms with Crippen molar-refractivity contribution >= 4 is 5.96 Å². The summed E-state index contributed by atoms with van der Waals surface area (Å²) in [6, 6.07) is 1.17. The Bertz CT molecular complexity index is 446. The molecule has 0 aliphatic carbocycles. The number of rotatable bonds is 12. The Balaban J connectivity index is 2.23. The summed E-state index contributed by atoms with van der Waals surface area (Å²) in [5, 5.41) is 14.4. The molecule has 0 aliphatic rings. The third-order valence-electron chi connectivity index (χ3n) is 4.12. The zero-order valence-corrected chi connectivity index (χ0v) is 16.7. The Labute approximate surface area is 153 Å². The van der Waals surface area contributed by atoms with Gasteiger partial charge in [-0.3, -0.25) is 9.89 Å². The monoisotopic (exact) mass is 351 g/mol. The number of unbranched alkanes of at least 4 members (excludes halogenated alkanes) is 1. The van der Waals surface area contributed by atoms with Crippen LogP contribution in [0.15, 0.2) is 17.6 Å². The van der Waals surface area contributed by atoms with Crippen LogP contribution >= 0.6 is 0 Å². The lowest BCUT2D eigenvalue weighted by molar-refractivity contribution is 0.174. The second-order valence-electron chi connectivity index (χ2n) is 6.87. The highest BCUT2D eigenvalue weighted by Crippen LogP contribution is 2.05. The van der Waals surface area contributed by atoms with Gasteiger partial charge in [0.1, 0.15) is 12.7 Å². The predicted octanol–water partition coefficient (Wildman–Crippen LogP) is 2.12. The largest absolute Gasteiger partial charge is 0.357 e. The Morgan fingerprint density at radius 2 is 1.72 bits per heavy atom. The molecule has 25 heavy (non-hydrogen) atoms. The van der Waals surface area contributed by atoms with Gasteiger partial charge in [0.25, 0.3) is 0 Å². The van der Waals surface area contributed by atoms with Gasteiger partial charge in [-0.25, -0.2) is 0 Å². The molecule has 144 valence electrons. The van der Waals surface area contributed by atoms with E-state index in [0.717, 1.165) is 57.9 Å². The molecule has 0 saturated carbocycles. The average molecular weight is 352 g/mol. The number of guanidine groups is 1. The molecule has 0 atom stereocenters. The maximum Gasteiger partial charge on any atom is 0.191 e. The maximum atomic E-state index is 4.69. The second kappa shape index (κ2) is 12.7. The first-order valence-corrected chi connectivity index (χ1v) is 9.65. The van der Waals surface area contributed by atoms with E-state index in [0.29, 0.717) is 12.1 Å². The van der Waals surface area contributed by atoms with Crippen molar-refractivity contribution in [3.05, 3.63) is 12.7 Å². The molecule has 0 saturated heterocycles. The Morgan fingerprint density at radius 1 is 1.04 bits per heavy atom. The van der Waals surface area contributed by atoms with Gasteiger partial charge in [0.05, 0.1) is 0 Å². The van der Waals surface area contributed by atoms with E-state index < -0.39 is 0 Å². The summed E-state index contributed by atoms with van der Waals surface area (Å²) in [6.07, 6.45) is 6.80. The summed E-state index contributed by atoms with van der Waals surface area (Å²) < 4.78 is 2.01. The fourth-order valence-corrected chi connectivity index (χ4v) is 2.86. The number of nitrogens with zero attached hydrogens (tertiary/aromatic N) is 5. The first-order chi connectivity index (χ1) is 12.0. The van der Waals surface area contributed by atoms with Gasteiger partial charge in [0.15, 0.2) is 5.96 Å². The minimum Gasteiger partial charge on any atom is -0.357 e. The summed E-state index contributed by atoms with van der Waals surface area (Å²) in [5.41, 5.74) is 0. The molecule has 2 N–H and O–H groups in total. The Kier molecular flexibility index (Phi) is 10.9. The van der Waals surface area contributed by atoms with Crippen LogP contribution in [0.4, 0.5) is 0 Å². The number of nitrogens with one attached hydrogen (secondary N) is 2. The molecule has 1 aromatic heterocycles. The molecular formula is C18H37N7. The number of aliphatic imine (C=N–C) groups is 1. The quantitative estimate of drug-likeness (QED) is 0.343. The minimum atomic E-state index is 0.584. The van der Waals surface area contributed by atoms with E-state index in [1.165, 1.54) is 0 Å². The van der Waals surface area contributed by atoms with E-state index >= 15 is 0 Å². The van der Waals surface area contributed by atoms with E-state index in [1.807, 2.05) is 4.57 Å². The van der Waals surface area contributed by atoms with E-state index in [9.17, 15) is 0 Å². The van der Waals surface area contributed by atoms with Gasteiger partial charge in [0, 0.05) is 44.8 Å². The van der Waals surface area contributed by atoms with Crippen LogP contribution in [0.1, 0.15) is 53.9 Å². The molecule has 0 radical (unpaired) electrons. The number of hydrogen-bond acceptors (Lipinski definition) is 4. The van der Waals surface area contributed by atoms with Crippen LogP contribution in [0.25, 0.3) is 0 Å². The van der Waals surface area contributed by atoms with Gasteiger partial charge >= 0.3 is 0 Å². The van der Waals surface area contributed by atoms with Gasteiger partial charge in [-0.2, -0.15) is 0 Å². The van der Waals surface area contributed by atoms with E-state index in [4.69, 9.17) is 4.99 Å². The minimum absolute atomic E-state index is 0.584. The maximum absolute atomic E-state index is 4.69. The zero-order valence-electron chi connectivity index (χ0n) is 16.7. The van der Waals surface area contributed by atoms with E-state index in [1.54, 1.807) is 12.7 Å². The van der Waals surface area contributed by atoms with Gasteiger partial charge in [-0.05, 0) is 53.9 Å². The standard InChI is InChI=1S/C18H37N7/c1-6-19-18(20-10-7-8-12-24-14-22-23-15-24)21-11-9-13-25(16(2)3)17(4)5/h14-17H,6-13H2,1-5H3,(H2,19,20,21). The molecule has 0 aliphatic heterocycles. The topological polar surface area (TPSA) is 70.4 Å². The van der Waals surface area contributed by atoms with Crippen LogP contribution in [0, 0.1) is 0 Å². The SMILES string of the molecule is CCNC(=NCCCN(C(C)C)C(C)C)NCCCCn1cnnc1. The normalized spacial score (nSPS) is 12.4. The molecule has 0 aromatic carbocycles. The number of hydrogen-bond donors (Lipinski definition) is 2. The van der Waals surface area contributed by atoms with Gasteiger partial charge in [-0.15, -0.1) is 10.2 Å². The van der Waals surface area contributed by atoms with Crippen molar-refractivity contribution in [1.29, 1.82) is 0 Å². The highest BCUT2D eigenvalue weighted by molar-refractivity contribution is 5.79. The van der Waals surface area contributed by atoms with E-state index in [-0.39, 0.29) is 0 Å². The van der Waals surface area contributed by atoms with Crippen molar-refractivity contribution < 1.29 is 0 Å². The molecule has 0 spiro atoms. The molecule has 0 amide bonds. The molecular weight excluding hydrogens is 314 g/mol. The third-order valence-corrected chi connectivity index (χ3v) is 4.12. The fraction of sp³-hybridized carbons (Fsp3) is 0.833. The summed E-state index contributed by atoms with van der Waals surface area (Å²) in [7, 11) is 0. The smallest absolute Gasteiger partial charge is 0.191 e. The zero-order chi connectivity index (χ0) is 18.5. The lowest BCUT2D eigenvalue weighted by atomic mass is 10.2. The van der Waals surface area contributed by atoms with Crippen molar-refractivity contribution in [2.75, 3.05) is 26.2 Å². The van der Waals surface area contributed by atoms with Gasteiger partial charge in [-0.1, -0.05) is 0 Å². The van der Waals surface area contributed by atoms with Gasteiger partial charge < -0.3 is 15.2 Å². The van der Waals surface area contributed by atoms with Crippen molar-refractivity contribution in [2.45, 2.75) is 72.5 Å². The van der Waals surface area contributed by atoms with Crippen molar-refractivity contribution in [1.82, 2.24) is 30.3 Å². The lowest BCUT2D eigenvalue weighted by Gasteiger charge is -2.30. The fourth-order valence-electron chi connectivity index (χ4n) is 2.86. The van der Waals surface area contributed by atoms with Crippen LogP contribution < -0.4 is 10.6 Å². The van der Waals surface area contributed by atoms with Crippen LogP contribution in [0.3, 0.4) is 0 Å². The summed E-state index contributed by atoms with van der Waals surface area (Å²) in [4.78, 5) is 7.21. The summed E-state index contributed by atoms with van der Waals surface area (Å²) in [6.45, 7) is 15.9. The molecule has 1 heterocycles. The number of aryl methyl sites for hydroxylation is 1.